The summed E-state index contributed by atoms with van der Waals surface area (Å²) in [6.07, 6.45) is 6.13. The van der Waals surface area contributed by atoms with Gasteiger partial charge in [-0.25, -0.2) is 0 Å². The lowest BCUT2D eigenvalue weighted by molar-refractivity contribution is 0.267. The normalized spacial score (nSPS) is 19.8. The molecule has 0 unspecified atom stereocenters. The highest BCUT2D eigenvalue weighted by atomic mass is 79.9. The fraction of sp³-hybridized carbons (Fsp3) is 0.600. The molecule has 1 aromatic carbocycles. The molecule has 0 amide bonds. The van der Waals surface area contributed by atoms with Gasteiger partial charge in [-0.15, -0.1) is 0 Å². The molecule has 3 heteroatoms. The summed E-state index contributed by atoms with van der Waals surface area (Å²) in [6.45, 7) is 4.12. The Labute approximate surface area is 118 Å². The molecule has 1 aliphatic heterocycles. The van der Waals surface area contributed by atoms with Gasteiger partial charge >= 0.3 is 0 Å². The van der Waals surface area contributed by atoms with E-state index in [4.69, 9.17) is 4.74 Å². The molecule has 0 spiro atoms. The van der Waals surface area contributed by atoms with Crippen LogP contribution >= 0.6 is 15.9 Å². The van der Waals surface area contributed by atoms with E-state index in [9.17, 15) is 0 Å². The monoisotopic (exact) mass is 311 g/mol. The Hall–Kier alpha value is -0.540. The smallest absolute Gasteiger partial charge is 0.133 e. The van der Waals surface area contributed by atoms with Gasteiger partial charge in [0.1, 0.15) is 5.75 Å². The van der Waals surface area contributed by atoms with Gasteiger partial charge < -0.3 is 10.1 Å². The van der Waals surface area contributed by atoms with Crippen LogP contribution in [0.5, 0.6) is 5.75 Å². The van der Waals surface area contributed by atoms with Gasteiger partial charge in [0.25, 0.3) is 0 Å². The van der Waals surface area contributed by atoms with Crippen LogP contribution in [0.15, 0.2) is 22.7 Å². The van der Waals surface area contributed by atoms with E-state index in [-0.39, 0.29) is 0 Å². The summed E-state index contributed by atoms with van der Waals surface area (Å²) >= 11 is 3.57. The predicted octanol–water partition coefficient (Wildman–Crippen LogP) is 3.92. The van der Waals surface area contributed by atoms with E-state index in [2.05, 4.69) is 46.4 Å². The van der Waals surface area contributed by atoms with Crippen LogP contribution in [0.3, 0.4) is 0 Å². The zero-order valence-electron chi connectivity index (χ0n) is 11.0. The fourth-order valence-corrected chi connectivity index (χ4v) is 2.90. The number of ether oxygens (including phenoxy) is 1. The number of hydrogen-bond acceptors (Lipinski definition) is 2. The molecule has 1 saturated heterocycles. The number of rotatable bonds is 5. The van der Waals surface area contributed by atoms with Crippen LogP contribution in [0.25, 0.3) is 0 Å². The van der Waals surface area contributed by atoms with Crippen molar-refractivity contribution in [2.24, 2.45) is 0 Å². The van der Waals surface area contributed by atoms with Gasteiger partial charge in [-0.1, -0.05) is 19.4 Å². The first kappa shape index (κ1) is 13.9. The molecular weight excluding hydrogens is 290 g/mol. The number of halogens is 1. The summed E-state index contributed by atoms with van der Waals surface area (Å²) in [5, 5.41) is 3.55. The van der Waals surface area contributed by atoms with E-state index in [1.54, 1.807) is 0 Å². The van der Waals surface area contributed by atoms with Crippen molar-refractivity contribution < 1.29 is 4.74 Å². The van der Waals surface area contributed by atoms with Crippen LogP contribution in [0.4, 0.5) is 0 Å². The molecular formula is C15H22BrNO. The van der Waals surface area contributed by atoms with E-state index in [0.717, 1.165) is 29.7 Å². The van der Waals surface area contributed by atoms with Gasteiger partial charge in [0.05, 0.1) is 11.1 Å². The average Bonchev–Trinajstić information content (AvgIpc) is 2.42. The lowest BCUT2D eigenvalue weighted by Gasteiger charge is -2.23. The molecule has 0 radical (unpaired) electrons. The Morgan fingerprint density at radius 3 is 2.94 bits per heavy atom. The molecule has 2 rings (SSSR count). The molecule has 1 N–H and O–H groups in total. The number of nitrogens with one attached hydrogen (secondary N) is 1. The first-order valence-corrected chi connectivity index (χ1v) is 7.73. The molecule has 0 saturated carbocycles. The van der Waals surface area contributed by atoms with Crippen LogP contribution in [0, 0.1) is 0 Å². The van der Waals surface area contributed by atoms with Crippen molar-refractivity contribution >= 4 is 15.9 Å². The summed E-state index contributed by atoms with van der Waals surface area (Å²) in [7, 11) is 0. The van der Waals surface area contributed by atoms with Crippen molar-refractivity contribution in [1.82, 2.24) is 5.32 Å². The molecule has 0 bridgehead atoms. The lowest BCUT2D eigenvalue weighted by Crippen LogP contribution is -2.35. The van der Waals surface area contributed by atoms with Gasteiger partial charge in [0.15, 0.2) is 0 Å². The van der Waals surface area contributed by atoms with Crippen LogP contribution in [-0.4, -0.2) is 19.2 Å². The Kier molecular flexibility index (Phi) is 5.51. The summed E-state index contributed by atoms with van der Waals surface area (Å²) in [5.41, 5.74) is 1.34. The maximum Gasteiger partial charge on any atom is 0.133 e. The molecule has 1 aromatic rings. The van der Waals surface area contributed by atoms with Crippen LogP contribution in [-0.2, 0) is 6.42 Å². The minimum absolute atomic E-state index is 0.646. The molecule has 1 fully saturated rings. The summed E-state index contributed by atoms with van der Waals surface area (Å²) in [6, 6.07) is 7.00. The zero-order valence-corrected chi connectivity index (χ0v) is 12.6. The van der Waals surface area contributed by atoms with Crippen LogP contribution in [0.2, 0.25) is 0 Å². The molecule has 2 nitrogen and oxygen atoms in total. The van der Waals surface area contributed by atoms with Crippen molar-refractivity contribution in [3.63, 3.8) is 0 Å². The van der Waals surface area contributed by atoms with E-state index >= 15 is 0 Å². The molecule has 1 heterocycles. The quantitative estimate of drug-likeness (QED) is 0.890. The van der Waals surface area contributed by atoms with Gasteiger partial charge in [-0.2, -0.15) is 0 Å². The highest BCUT2D eigenvalue weighted by Gasteiger charge is 2.12. The van der Waals surface area contributed by atoms with Gasteiger partial charge in [0.2, 0.25) is 0 Å². The molecule has 0 aromatic heterocycles. The third-order valence-electron chi connectivity index (χ3n) is 3.54. The Balaban J connectivity index is 1.79. The fourth-order valence-electron chi connectivity index (χ4n) is 2.36. The standard InChI is InChI=1S/C15H22BrNO/c1-2-12-6-7-15(14(16)11-12)18-10-8-13-5-3-4-9-17-13/h6-7,11,13,17H,2-5,8-10H2,1H3/t13-/m0/s1. The maximum atomic E-state index is 5.85. The van der Waals surface area contributed by atoms with Crippen molar-refractivity contribution in [1.29, 1.82) is 0 Å². The zero-order chi connectivity index (χ0) is 12.8. The number of hydrogen-bond donors (Lipinski definition) is 1. The second-order valence-corrected chi connectivity index (χ2v) is 5.76. The second-order valence-electron chi connectivity index (χ2n) is 4.90. The van der Waals surface area contributed by atoms with Gasteiger partial charge in [0, 0.05) is 6.04 Å². The molecule has 18 heavy (non-hydrogen) atoms. The molecule has 1 aliphatic rings. The van der Waals surface area contributed by atoms with Crippen LogP contribution < -0.4 is 10.1 Å². The second kappa shape index (κ2) is 7.15. The third kappa shape index (κ3) is 3.99. The summed E-state index contributed by atoms with van der Waals surface area (Å²) in [4.78, 5) is 0. The topological polar surface area (TPSA) is 21.3 Å². The highest BCUT2D eigenvalue weighted by Crippen LogP contribution is 2.26. The van der Waals surface area contributed by atoms with Crippen molar-refractivity contribution in [2.45, 2.75) is 45.1 Å². The molecule has 0 aliphatic carbocycles. The summed E-state index contributed by atoms with van der Waals surface area (Å²) < 4.78 is 6.92. The lowest BCUT2D eigenvalue weighted by atomic mass is 10.0. The Morgan fingerprint density at radius 1 is 1.39 bits per heavy atom. The first-order chi connectivity index (χ1) is 8.79. The molecule has 100 valence electrons. The van der Waals surface area contributed by atoms with Crippen molar-refractivity contribution in [2.75, 3.05) is 13.2 Å². The largest absolute Gasteiger partial charge is 0.492 e. The van der Waals surface area contributed by atoms with E-state index < -0.39 is 0 Å². The molecule has 1 atom stereocenters. The third-order valence-corrected chi connectivity index (χ3v) is 4.16. The number of aryl methyl sites for hydroxylation is 1. The summed E-state index contributed by atoms with van der Waals surface area (Å²) in [5.74, 6) is 0.961. The average molecular weight is 312 g/mol. The van der Waals surface area contributed by atoms with Gasteiger partial charge in [-0.3, -0.25) is 0 Å². The van der Waals surface area contributed by atoms with E-state index in [0.29, 0.717) is 6.04 Å². The number of piperidine rings is 1. The van der Waals surface area contributed by atoms with E-state index in [1.165, 1.54) is 31.4 Å². The maximum absolute atomic E-state index is 5.85. The first-order valence-electron chi connectivity index (χ1n) is 6.94. The minimum atomic E-state index is 0.646. The van der Waals surface area contributed by atoms with Crippen molar-refractivity contribution in [3.05, 3.63) is 28.2 Å². The predicted molar refractivity (Wildman–Crippen MR) is 79.3 cm³/mol. The SMILES string of the molecule is CCc1ccc(OCC[C@@H]2CCCCN2)c(Br)c1. The minimum Gasteiger partial charge on any atom is -0.492 e. The van der Waals surface area contributed by atoms with Crippen molar-refractivity contribution in [3.8, 4) is 5.75 Å². The Morgan fingerprint density at radius 2 is 2.28 bits per heavy atom. The Bertz CT molecular complexity index is 375. The number of benzene rings is 1. The van der Waals surface area contributed by atoms with Gasteiger partial charge in [-0.05, 0) is 65.9 Å². The highest BCUT2D eigenvalue weighted by molar-refractivity contribution is 9.10. The van der Waals surface area contributed by atoms with Crippen LogP contribution in [0.1, 0.15) is 38.2 Å². The van der Waals surface area contributed by atoms with E-state index in [1.807, 2.05) is 0 Å².